The number of esters is 1. The predicted octanol–water partition coefficient (Wildman–Crippen LogP) is 3.76. The van der Waals surface area contributed by atoms with Crippen LogP contribution in [0.4, 0.5) is 4.39 Å². The Balaban J connectivity index is 1.74. The molecule has 0 saturated heterocycles. The molecule has 0 amide bonds. The van der Waals surface area contributed by atoms with Gasteiger partial charge in [-0.3, -0.25) is 0 Å². The number of aliphatic imine (C=N–C) groups is 1. The molecule has 2 aromatic rings. The van der Waals surface area contributed by atoms with Gasteiger partial charge in [0, 0.05) is 6.42 Å². The molecule has 0 atom stereocenters. The van der Waals surface area contributed by atoms with Gasteiger partial charge in [-0.15, -0.1) is 0 Å². The predicted molar refractivity (Wildman–Crippen MR) is 89.2 cm³/mol. The molecule has 0 bridgehead atoms. The summed E-state index contributed by atoms with van der Waals surface area (Å²) in [5.41, 5.74) is 1.90. The molecule has 5 heteroatoms. The number of halogens is 1. The molecule has 3 rings (SSSR count). The van der Waals surface area contributed by atoms with Crippen LogP contribution in [0.5, 0.6) is 5.75 Å². The third kappa shape index (κ3) is 3.87. The standard InChI is InChI=1S/C19H16FNO3/c1-2-23-16-9-5-13(6-10-16)11-17-19(22)24-18(21-17)12-14-3-7-15(20)8-4-14/h3-11H,2,12H2,1H3/b17-11+. The minimum absolute atomic E-state index is 0.247. The SMILES string of the molecule is CCOc1ccc(/C=C2/N=C(Cc3ccc(F)cc3)OC2=O)cc1. The van der Waals surface area contributed by atoms with E-state index in [9.17, 15) is 9.18 Å². The van der Waals surface area contributed by atoms with Crippen molar-refractivity contribution >= 4 is 17.9 Å². The molecule has 0 aliphatic carbocycles. The lowest BCUT2D eigenvalue weighted by molar-refractivity contribution is -0.130. The highest BCUT2D eigenvalue weighted by Gasteiger charge is 2.22. The van der Waals surface area contributed by atoms with Crippen molar-refractivity contribution in [1.29, 1.82) is 0 Å². The number of hydrogen-bond acceptors (Lipinski definition) is 4. The van der Waals surface area contributed by atoms with E-state index in [4.69, 9.17) is 9.47 Å². The number of benzene rings is 2. The first kappa shape index (κ1) is 15.9. The molecule has 1 aliphatic heterocycles. The van der Waals surface area contributed by atoms with Crippen molar-refractivity contribution in [2.45, 2.75) is 13.3 Å². The summed E-state index contributed by atoms with van der Waals surface area (Å²) in [4.78, 5) is 16.1. The van der Waals surface area contributed by atoms with Gasteiger partial charge in [-0.05, 0) is 48.4 Å². The van der Waals surface area contributed by atoms with Gasteiger partial charge in [0.1, 0.15) is 11.6 Å². The summed E-state index contributed by atoms with van der Waals surface area (Å²) >= 11 is 0. The van der Waals surface area contributed by atoms with Gasteiger partial charge in [-0.1, -0.05) is 24.3 Å². The van der Waals surface area contributed by atoms with Gasteiger partial charge in [0.25, 0.3) is 0 Å². The van der Waals surface area contributed by atoms with Crippen molar-refractivity contribution in [1.82, 2.24) is 0 Å². The first-order valence-electron chi connectivity index (χ1n) is 7.63. The highest BCUT2D eigenvalue weighted by molar-refractivity contribution is 6.07. The van der Waals surface area contributed by atoms with Crippen molar-refractivity contribution < 1.29 is 18.7 Å². The number of nitrogens with zero attached hydrogens (tertiary/aromatic N) is 1. The third-order valence-corrected chi connectivity index (χ3v) is 3.43. The fourth-order valence-electron chi connectivity index (χ4n) is 2.29. The molecule has 0 unspecified atom stereocenters. The Kier molecular flexibility index (Phi) is 4.70. The lowest BCUT2D eigenvalue weighted by Gasteiger charge is -2.02. The molecular weight excluding hydrogens is 309 g/mol. The molecule has 4 nitrogen and oxygen atoms in total. The summed E-state index contributed by atoms with van der Waals surface area (Å²) in [5.74, 6) is 0.291. The molecule has 0 spiro atoms. The second-order valence-corrected chi connectivity index (χ2v) is 5.23. The zero-order chi connectivity index (χ0) is 16.9. The van der Waals surface area contributed by atoms with Crippen molar-refractivity contribution in [3.63, 3.8) is 0 Å². The quantitative estimate of drug-likeness (QED) is 0.621. The number of hydrogen-bond donors (Lipinski definition) is 0. The second-order valence-electron chi connectivity index (χ2n) is 5.23. The topological polar surface area (TPSA) is 47.9 Å². The summed E-state index contributed by atoms with van der Waals surface area (Å²) < 4.78 is 23.5. The van der Waals surface area contributed by atoms with Gasteiger partial charge in [0.15, 0.2) is 5.70 Å². The summed E-state index contributed by atoms with van der Waals surface area (Å²) in [6.07, 6.45) is 2.00. The molecule has 1 aliphatic rings. The Morgan fingerprint density at radius 3 is 2.50 bits per heavy atom. The molecular formula is C19H16FNO3. The molecule has 0 aromatic heterocycles. The van der Waals surface area contributed by atoms with E-state index in [0.29, 0.717) is 18.9 Å². The van der Waals surface area contributed by atoms with E-state index in [1.165, 1.54) is 12.1 Å². The van der Waals surface area contributed by atoms with Crippen LogP contribution < -0.4 is 4.74 Å². The minimum Gasteiger partial charge on any atom is -0.494 e. The highest BCUT2D eigenvalue weighted by Crippen LogP contribution is 2.19. The smallest absolute Gasteiger partial charge is 0.363 e. The largest absolute Gasteiger partial charge is 0.494 e. The van der Waals surface area contributed by atoms with Gasteiger partial charge in [0.2, 0.25) is 5.90 Å². The third-order valence-electron chi connectivity index (χ3n) is 3.43. The van der Waals surface area contributed by atoms with Gasteiger partial charge in [-0.2, -0.15) is 0 Å². The first-order valence-corrected chi connectivity index (χ1v) is 7.63. The molecule has 24 heavy (non-hydrogen) atoms. The lowest BCUT2D eigenvalue weighted by atomic mass is 10.1. The Labute approximate surface area is 139 Å². The van der Waals surface area contributed by atoms with Crippen LogP contribution in [0.15, 0.2) is 59.2 Å². The zero-order valence-electron chi connectivity index (χ0n) is 13.2. The van der Waals surface area contributed by atoms with E-state index in [2.05, 4.69) is 4.99 Å². The maximum Gasteiger partial charge on any atom is 0.363 e. The summed E-state index contributed by atoms with van der Waals surface area (Å²) in [6.45, 7) is 2.52. The molecule has 0 fully saturated rings. The van der Waals surface area contributed by atoms with E-state index in [1.54, 1.807) is 18.2 Å². The summed E-state index contributed by atoms with van der Waals surface area (Å²) in [5, 5.41) is 0. The fourth-order valence-corrected chi connectivity index (χ4v) is 2.29. The normalized spacial score (nSPS) is 15.3. The monoisotopic (exact) mass is 325 g/mol. The van der Waals surface area contributed by atoms with Crippen LogP contribution in [-0.4, -0.2) is 18.5 Å². The number of carbonyl (C=O) groups is 1. The van der Waals surface area contributed by atoms with Crippen molar-refractivity contribution in [3.8, 4) is 5.75 Å². The Morgan fingerprint density at radius 2 is 1.83 bits per heavy atom. The Bertz CT molecular complexity index is 792. The molecule has 1 heterocycles. The lowest BCUT2D eigenvalue weighted by Crippen LogP contribution is -2.06. The number of ether oxygens (including phenoxy) is 2. The van der Waals surface area contributed by atoms with E-state index >= 15 is 0 Å². The number of rotatable bonds is 5. The molecule has 0 saturated carbocycles. The molecule has 2 aromatic carbocycles. The first-order chi connectivity index (χ1) is 11.6. The molecule has 0 N–H and O–H groups in total. The van der Waals surface area contributed by atoms with Crippen molar-refractivity contribution in [2.24, 2.45) is 4.99 Å². The number of cyclic esters (lactones) is 1. The summed E-state index contributed by atoms with van der Waals surface area (Å²) in [7, 11) is 0. The molecule has 0 radical (unpaired) electrons. The van der Waals surface area contributed by atoms with E-state index in [-0.39, 0.29) is 11.5 Å². The minimum atomic E-state index is -0.485. The summed E-state index contributed by atoms with van der Waals surface area (Å²) in [6, 6.07) is 13.4. The molecule has 122 valence electrons. The van der Waals surface area contributed by atoms with Crippen LogP contribution in [-0.2, 0) is 16.0 Å². The van der Waals surface area contributed by atoms with Crippen molar-refractivity contribution in [2.75, 3.05) is 6.61 Å². The van der Waals surface area contributed by atoms with Crippen LogP contribution in [0.2, 0.25) is 0 Å². The average Bonchev–Trinajstić information content (AvgIpc) is 2.91. The maximum atomic E-state index is 12.9. The van der Waals surface area contributed by atoms with Crippen LogP contribution in [0, 0.1) is 5.82 Å². The van der Waals surface area contributed by atoms with E-state index < -0.39 is 5.97 Å². The maximum absolute atomic E-state index is 12.9. The number of carbonyl (C=O) groups excluding carboxylic acids is 1. The van der Waals surface area contributed by atoms with Crippen LogP contribution >= 0.6 is 0 Å². The van der Waals surface area contributed by atoms with Gasteiger partial charge < -0.3 is 9.47 Å². The Morgan fingerprint density at radius 1 is 1.12 bits per heavy atom. The average molecular weight is 325 g/mol. The highest BCUT2D eigenvalue weighted by atomic mass is 19.1. The fraction of sp³-hybridized carbons (Fsp3) is 0.158. The zero-order valence-corrected chi connectivity index (χ0v) is 13.2. The van der Waals surface area contributed by atoms with Gasteiger partial charge >= 0.3 is 5.97 Å². The van der Waals surface area contributed by atoms with Gasteiger partial charge in [0.05, 0.1) is 6.61 Å². The van der Waals surface area contributed by atoms with Gasteiger partial charge in [-0.25, -0.2) is 14.2 Å². The van der Waals surface area contributed by atoms with Crippen LogP contribution in [0.25, 0.3) is 6.08 Å². The van der Waals surface area contributed by atoms with E-state index in [0.717, 1.165) is 16.9 Å². The van der Waals surface area contributed by atoms with Crippen LogP contribution in [0.3, 0.4) is 0 Å². The van der Waals surface area contributed by atoms with E-state index in [1.807, 2.05) is 31.2 Å². The van der Waals surface area contributed by atoms with Crippen molar-refractivity contribution in [3.05, 3.63) is 71.2 Å². The van der Waals surface area contributed by atoms with Crippen LogP contribution in [0.1, 0.15) is 18.1 Å². The second kappa shape index (κ2) is 7.08. The Hall–Kier alpha value is -2.95.